The molecular weight excluding hydrogens is 322 g/mol. The summed E-state index contributed by atoms with van der Waals surface area (Å²) in [5, 5.41) is 12.0. The maximum absolute atomic E-state index is 12.3. The number of amides is 2. The van der Waals surface area contributed by atoms with E-state index < -0.39 is 0 Å². The average molecular weight is 341 g/mol. The number of benzene rings is 1. The minimum Gasteiger partial charge on any atom is -0.497 e. The molecule has 2 aromatic rings. The zero-order valence-electron chi connectivity index (χ0n) is 13.8. The second-order valence-corrected chi connectivity index (χ2v) is 5.79. The van der Waals surface area contributed by atoms with Gasteiger partial charge in [-0.15, -0.1) is 0 Å². The molecular formula is C18H19N3O4. The lowest BCUT2D eigenvalue weighted by atomic mass is 10.2. The first-order chi connectivity index (χ1) is 12.1. The van der Waals surface area contributed by atoms with Crippen molar-refractivity contribution in [3.05, 3.63) is 53.9 Å². The van der Waals surface area contributed by atoms with Gasteiger partial charge in [0, 0.05) is 30.9 Å². The smallest absolute Gasteiger partial charge is 0.270 e. The molecule has 0 aliphatic carbocycles. The summed E-state index contributed by atoms with van der Waals surface area (Å²) >= 11 is 0. The molecule has 1 aromatic carbocycles. The lowest BCUT2D eigenvalue weighted by molar-refractivity contribution is -0.117. The highest BCUT2D eigenvalue weighted by atomic mass is 16.5. The van der Waals surface area contributed by atoms with Gasteiger partial charge >= 0.3 is 0 Å². The standard InChI is InChI=1S/C18H19N3O4/c1-25-15-4-2-3-14(9-15)21-10-13(8-17(21)23)20-18(24)16-7-12(11-22)5-6-19-16/h2-7,9,13,22H,8,10-11H2,1H3,(H,20,24)/t13-/m0/s1. The molecule has 1 atom stereocenters. The number of hydrogen-bond acceptors (Lipinski definition) is 5. The van der Waals surface area contributed by atoms with E-state index in [1.54, 1.807) is 24.1 Å². The molecule has 0 saturated carbocycles. The fourth-order valence-electron chi connectivity index (χ4n) is 2.79. The van der Waals surface area contributed by atoms with Crippen LogP contribution in [0.5, 0.6) is 5.75 Å². The van der Waals surface area contributed by atoms with Crippen LogP contribution in [0, 0.1) is 0 Å². The van der Waals surface area contributed by atoms with Gasteiger partial charge in [-0.25, -0.2) is 0 Å². The summed E-state index contributed by atoms with van der Waals surface area (Å²) in [6.07, 6.45) is 1.70. The first-order valence-corrected chi connectivity index (χ1v) is 7.92. The van der Waals surface area contributed by atoms with Gasteiger partial charge in [0.1, 0.15) is 11.4 Å². The number of nitrogens with one attached hydrogen (secondary N) is 1. The number of pyridine rings is 1. The summed E-state index contributed by atoms with van der Waals surface area (Å²) in [6.45, 7) is 0.228. The molecule has 0 unspecified atom stereocenters. The molecule has 0 radical (unpaired) electrons. The third-order valence-corrected chi connectivity index (χ3v) is 4.06. The van der Waals surface area contributed by atoms with Crippen molar-refractivity contribution in [2.75, 3.05) is 18.6 Å². The molecule has 1 aromatic heterocycles. The summed E-state index contributed by atoms with van der Waals surface area (Å²) in [5.41, 5.74) is 1.57. The Balaban J connectivity index is 1.68. The Kier molecular flexibility index (Phi) is 4.95. The Hall–Kier alpha value is -2.93. The molecule has 1 saturated heterocycles. The van der Waals surface area contributed by atoms with Gasteiger partial charge in [0.2, 0.25) is 5.91 Å². The highest BCUT2D eigenvalue weighted by Crippen LogP contribution is 2.25. The second kappa shape index (κ2) is 7.31. The Morgan fingerprint density at radius 1 is 1.40 bits per heavy atom. The van der Waals surface area contributed by atoms with Crippen molar-refractivity contribution < 1.29 is 19.4 Å². The van der Waals surface area contributed by atoms with Gasteiger partial charge in [-0.05, 0) is 29.8 Å². The van der Waals surface area contributed by atoms with Crippen LogP contribution in [0.4, 0.5) is 5.69 Å². The summed E-state index contributed by atoms with van der Waals surface area (Å²) in [4.78, 5) is 30.2. The lowest BCUT2D eigenvalue weighted by Crippen LogP contribution is -2.37. The number of hydrogen-bond donors (Lipinski definition) is 2. The molecule has 7 heteroatoms. The number of rotatable bonds is 5. The highest BCUT2D eigenvalue weighted by Gasteiger charge is 2.32. The van der Waals surface area contributed by atoms with Crippen LogP contribution in [0.3, 0.4) is 0 Å². The number of carbonyl (C=O) groups is 2. The zero-order chi connectivity index (χ0) is 17.8. The molecule has 2 N–H and O–H groups in total. The largest absolute Gasteiger partial charge is 0.497 e. The highest BCUT2D eigenvalue weighted by molar-refractivity contribution is 5.98. The van der Waals surface area contributed by atoms with E-state index in [1.165, 1.54) is 12.3 Å². The molecule has 3 rings (SSSR count). The fraction of sp³-hybridized carbons (Fsp3) is 0.278. The normalized spacial score (nSPS) is 16.8. The van der Waals surface area contributed by atoms with Gasteiger partial charge in [-0.3, -0.25) is 14.6 Å². The van der Waals surface area contributed by atoms with Crippen LogP contribution < -0.4 is 15.0 Å². The predicted molar refractivity (Wildman–Crippen MR) is 91.4 cm³/mol. The SMILES string of the molecule is COc1cccc(N2C[C@@H](NC(=O)c3cc(CO)ccn3)CC2=O)c1. The minimum atomic E-state index is -0.361. The number of methoxy groups -OCH3 is 1. The number of anilines is 1. The van der Waals surface area contributed by atoms with Crippen molar-refractivity contribution in [1.82, 2.24) is 10.3 Å². The first-order valence-electron chi connectivity index (χ1n) is 7.92. The van der Waals surface area contributed by atoms with Crippen LogP contribution in [0.1, 0.15) is 22.5 Å². The van der Waals surface area contributed by atoms with Crippen molar-refractivity contribution >= 4 is 17.5 Å². The quantitative estimate of drug-likeness (QED) is 0.850. The van der Waals surface area contributed by atoms with E-state index >= 15 is 0 Å². The summed E-state index contributed by atoms with van der Waals surface area (Å²) in [7, 11) is 1.57. The number of aromatic nitrogens is 1. The third-order valence-electron chi connectivity index (χ3n) is 4.06. The molecule has 130 valence electrons. The van der Waals surface area contributed by atoms with Gasteiger partial charge in [-0.2, -0.15) is 0 Å². The number of nitrogens with zero attached hydrogens (tertiary/aromatic N) is 2. The van der Waals surface area contributed by atoms with Gasteiger partial charge in [0.05, 0.1) is 19.8 Å². The van der Waals surface area contributed by atoms with Gasteiger partial charge < -0.3 is 20.1 Å². The number of aliphatic hydroxyl groups excluding tert-OH is 1. The third kappa shape index (κ3) is 3.77. The summed E-state index contributed by atoms with van der Waals surface area (Å²) in [6, 6.07) is 10.1. The molecule has 2 amide bonds. The number of ether oxygens (including phenoxy) is 1. The van der Waals surface area contributed by atoms with Crippen LogP contribution in [0.25, 0.3) is 0 Å². The van der Waals surface area contributed by atoms with Crippen molar-refractivity contribution in [3.8, 4) is 5.75 Å². The Morgan fingerprint density at radius 3 is 3.00 bits per heavy atom. The van der Waals surface area contributed by atoms with E-state index in [2.05, 4.69) is 10.3 Å². The van der Waals surface area contributed by atoms with Gasteiger partial charge in [-0.1, -0.05) is 6.07 Å². The average Bonchev–Trinajstić information content (AvgIpc) is 3.02. The summed E-state index contributed by atoms with van der Waals surface area (Å²) < 4.78 is 5.18. The Morgan fingerprint density at radius 2 is 2.24 bits per heavy atom. The number of carbonyl (C=O) groups excluding carboxylic acids is 2. The molecule has 2 heterocycles. The predicted octanol–water partition coefficient (Wildman–Crippen LogP) is 1.12. The maximum atomic E-state index is 12.3. The van der Waals surface area contributed by atoms with E-state index in [1.807, 2.05) is 18.2 Å². The monoisotopic (exact) mass is 341 g/mol. The fourth-order valence-corrected chi connectivity index (χ4v) is 2.79. The van der Waals surface area contributed by atoms with Crippen molar-refractivity contribution in [3.63, 3.8) is 0 Å². The molecule has 25 heavy (non-hydrogen) atoms. The molecule has 0 spiro atoms. The van der Waals surface area contributed by atoms with Crippen LogP contribution >= 0.6 is 0 Å². The van der Waals surface area contributed by atoms with E-state index in [9.17, 15) is 9.59 Å². The second-order valence-electron chi connectivity index (χ2n) is 5.79. The first kappa shape index (κ1) is 16.9. The molecule has 1 aliphatic heterocycles. The topological polar surface area (TPSA) is 91.8 Å². The van der Waals surface area contributed by atoms with Crippen LogP contribution in [-0.2, 0) is 11.4 Å². The maximum Gasteiger partial charge on any atom is 0.270 e. The Bertz CT molecular complexity index is 793. The molecule has 1 fully saturated rings. The molecule has 0 bridgehead atoms. The van der Waals surface area contributed by atoms with E-state index in [-0.39, 0.29) is 36.6 Å². The van der Waals surface area contributed by atoms with Crippen LogP contribution in [-0.4, -0.2) is 41.6 Å². The summed E-state index contributed by atoms with van der Waals surface area (Å²) in [5.74, 6) is 0.249. The van der Waals surface area contributed by atoms with E-state index in [0.29, 0.717) is 17.9 Å². The lowest BCUT2D eigenvalue weighted by Gasteiger charge is -2.18. The Labute approximate surface area is 145 Å². The van der Waals surface area contributed by atoms with Crippen molar-refractivity contribution in [1.29, 1.82) is 0 Å². The number of aliphatic hydroxyl groups is 1. The van der Waals surface area contributed by atoms with Crippen LogP contribution in [0.15, 0.2) is 42.6 Å². The van der Waals surface area contributed by atoms with E-state index in [0.717, 1.165) is 5.69 Å². The van der Waals surface area contributed by atoms with E-state index in [4.69, 9.17) is 9.84 Å². The van der Waals surface area contributed by atoms with Gasteiger partial charge in [0.25, 0.3) is 5.91 Å². The molecule has 1 aliphatic rings. The van der Waals surface area contributed by atoms with Crippen molar-refractivity contribution in [2.24, 2.45) is 0 Å². The van der Waals surface area contributed by atoms with Crippen molar-refractivity contribution in [2.45, 2.75) is 19.1 Å². The van der Waals surface area contributed by atoms with Crippen LogP contribution in [0.2, 0.25) is 0 Å². The molecule has 7 nitrogen and oxygen atoms in total. The minimum absolute atomic E-state index is 0.0596. The zero-order valence-corrected chi connectivity index (χ0v) is 13.8. The van der Waals surface area contributed by atoms with Gasteiger partial charge in [0.15, 0.2) is 0 Å².